The molecule has 2 heterocycles. The second kappa shape index (κ2) is 24.6. The smallest absolute Gasteiger partial charge is 0.161 e. The Morgan fingerprint density at radius 2 is 1.69 bits per heavy atom. The van der Waals surface area contributed by atoms with Crippen molar-refractivity contribution >= 4 is 33.1 Å². The first-order valence-corrected chi connectivity index (χ1v) is 27.8. The highest BCUT2D eigenvalue weighted by atomic mass is 33.1. The number of carbonyl (C=O) groups is 1. The van der Waals surface area contributed by atoms with Gasteiger partial charge in [-0.25, -0.2) is 0 Å². The van der Waals surface area contributed by atoms with E-state index in [1.165, 1.54) is 5.56 Å². The van der Waals surface area contributed by atoms with Gasteiger partial charge in [0, 0.05) is 54.2 Å². The highest BCUT2D eigenvalue weighted by Crippen LogP contribution is 2.50. The number of rotatable bonds is 11. The second-order valence-corrected chi connectivity index (χ2v) is 22.6. The molecule has 0 amide bonds. The maximum absolute atomic E-state index is 14.2. The summed E-state index contributed by atoms with van der Waals surface area (Å²) in [5, 5.41) is 68.9. The van der Waals surface area contributed by atoms with Crippen LogP contribution in [0.25, 0.3) is 0 Å². The number of ether oxygens (including phenoxy) is 1. The Kier molecular flexibility index (Phi) is 18.1. The van der Waals surface area contributed by atoms with Crippen molar-refractivity contribution < 1.29 is 40.2 Å². The van der Waals surface area contributed by atoms with Gasteiger partial charge >= 0.3 is 0 Å². The minimum absolute atomic E-state index is 0.0175. The Labute approximate surface area is 432 Å². The fraction of sp³-hybridized carbons (Fsp3) is 0.424. The third kappa shape index (κ3) is 13.5. The van der Waals surface area contributed by atoms with E-state index in [1.54, 1.807) is 64.2 Å². The standard InChI is InChI=1S/C59H69N3O8S2/c1-37(64)27-39(9-13-41-5-2-3-6-42(41)20-25-63)17-22-59-23-18-46(65)14-10-38-12-16-54(67)57(29-38)70-26-21-40-11-15-53(66)51(28-40)50-32-55(68)47-19-24-62-52(47)8-4-7-43-30-49(58(60)61)44(31-48(43)50)35-71-72-36-45(33-59)56(69)34-59/h2-3,5-6,11-12,15-16,18-19,23-24,28-31,37,39,45,50,56,58,63-64,66-69H,8-10,13-14,17,20-22,25-27,32-36,60-61H2,1H3/p-1/b23-18+,55-47?/t37-,39+,45-,50-,56+,59+/m0/s1. The number of ketones is 1. The van der Waals surface area contributed by atoms with E-state index >= 15 is 0 Å². The summed E-state index contributed by atoms with van der Waals surface area (Å²) in [5.41, 5.74) is 21.3. The molecule has 13 heteroatoms. The van der Waals surface area contributed by atoms with Crippen LogP contribution in [-0.2, 0) is 36.2 Å². The molecule has 2 aliphatic carbocycles. The summed E-state index contributed by atoms with van der Waals surface area (Å²) >= 11 is 0. The fourth-order valence-corrected chi connectivity index (χ4v) is 13.5. The number of aliphatic hydroxyl groups is 3. The highest BCUT2D eigenvalue weighted by Gasteiger charge is 2.43. The van der Waals surface area contributed by atoms with E-state index in [2.05, 4.69) is 35.0 Å². The number of carbonyl (C=O) groups excluding carboxylic acids is 1. The van der Waals surface area contributed by atoms with E-state index in [-0.39, 0.29) is 60.9 Å². The van der Waals surface area contributed by atoms with E-state index in [1.807, 2.05) is 43.3 Å². The molecule has 380 valence electrons. The van der Waals surface area contributed by atoms with E-state index in [4.69, 9.17) is 16.2 Å². The Hall–Kier alpha value is -5.30. The highest BCUT2D eigenvalue weighted by molar-refractivity contribution is 8.76. The quantitative estimate of drug-likeness (QED) is 0.0428. The molecule has 9 N–H and O–H groups in total. The van der Waals surface area contributed by atoms with Crippen molar-refractivity contribution in [2.45, 2.75) is 120 Å². The number of hydrogen-bond acceptors (Lipinski definition) is 13. The molecule has 0 saturated heterocycles. The van der Waals surface area contributed by atoms with Crippen molar-refractivity contribution in [3.63, 3.8) is 0 Å². The van der Waals surface area contributed by atoms with Gasteiger partial charge in [0.05, 0.1) is 37.1 Å². The summed E-state index contributed by atoms with van der Waals surface area (Å²) in [6.45, 7) is 2.12. The topological polar surface area (TPSA) is 215 Å². The van der Waals surface area contributed by atoms with Crippen LogP contribution in [0.2, 0.25) is 0 Å². The number of phenolic OH excluding ortho intramolecular Hbond substituents is 2. The fourth-order valence-electron chi connectivity index (χ4n) is 11.0. The number of aryl methyl sites for hydroxylation is 2. The molecular weight excluding hydrogens is 943 g/mol. The molecule has 0 unspecified atom stereocenters. The molecule has 8 bridgehead atoms. The zero-order chi connectivity index (χ0) is 50.8. The summed E-state index contributed by atoms with van der Waals surface area (Å²) in [4.78, 5) is 18.2. The van der Waals surface area contributed by atoms with Crippen LogP contribution < -0.4 is 21.3 Å². The minimum Gasteiger partial charge on any atom is -0.875 e. The molecule has 0 radical (unpaired) electrons. The molecule has 4 aliphatic rings. The summed E-state index contributed by atoms with van der Waals surface area (Å²) in [6.07, 6.45) is 12.4. The van der Waals surface area contributed by atoms with Gasteiger partial charge < -0.3 is 46.8 Å². The summed E-state index contributed by atoms with van der Waals surface area (Å²) < 4.78 is 6.17. The largest absolute Gasteiger partial charge is 0.875 e. The van der Waals surface area contributed by atoms with E-state index in [0.29, 0.717) is 84.6 Å². The summed E-state index contributed by atoms with van der Waals surface area (Å²) in [6, 6.07) is 22.7. The minimum atomic E-state index is -0.816. The third-order valence-electron chi connectivity index (χ3n) is 14.9. The zero-order valence-corrected chi connectivity index (χ0v) is 42.7. The van der Waals surface area contributed by atoms with Gasteiger partial charge in [-0.1, -0.05) is 88.0 Å². The summed E-state index contributed by atoms with van der Waals surface area (Å²) in [7, 11) is 3.32. The molecule has 0 aromatic heterocycles. The molecule has 2 aliphatic heterocycles. The Bertz CT molecular complexity index is 2770. The molecule has 72 heavy (non-hydrogen) atoms. The SMILES string of the molecule is C[C@H](O)C[C@H](CCc1ccccc1CCO)CC[C@@]12/C=C/C(=O)CCc3ccc(O)c(c3)OCCc3ccc(O)c(c3)[C@H]3CC([O-])=C4C=CN=C4CC#Cc4cc(C(N)N)c(cc43)CSSC[C@H](C1)[C@H](O)C2. The van der Waals surface area contributed by atoms with Gasteiger partial charge in [0.25, 0.3) is 0 Å². The molecular formula is C59H68N3O8S2-. The van der Waals surface area contributed by atoms with E-state index in [0.717, 1.165) is 59.1 Å². The molecule has 4 aromatic rings. The van der Waals surface area contributed by atoms with Crippen LogP contribution >= 0.6 is 21.6 Å². The maximum atomic E-state index is 14.2. The van der Waals surface area contributed by atoms with Crippen LogP contribution in [0, 0.1) is 29.1 Å². The first-order chi connectivity index (χ1) is 34.8. The normalized spacial score (nSPS) is 22.9. The first kappa shape index (κ1) is 53.0. The monoisotopic (exact) mass is 1010 g/mol. The number of allylic oxidation sites excluding steroid dienone is 5. The Morgan fingerprint density at radius 1 is 0.917 bits per heavy atom. The molecule has 4 aromatic carbocycles. The maximum Gasteiger partial charge on any atom is 0.161 e. The summed E-state index contributed by atoms with van der Waals surface area (Å²) in [5.74, 6) is 7.52. The predicted octanol–water partition coefficient (Wildman–Crippen LogP) is 8.54. The lowest BCUT2D eigenvalue weighted by molar-refractivity contribution is -0.307. The van der Waals surface area contributed by atoms with Gasteiger partial charge in [0.2, 0.25) is 0 Å². The van der Waals surface area contributed by atoms with Crippen molar-refractivity contribution in [3.8, 4) is 29.1 Å². The number of aliphatic hydroxyl groups excluding tert-OH is 3. The van der Waals surface area contributed by atoms with Crippen LogP contribution in [0.3, 0.4) is 0 Å². The Morgan fingerprint density at radius 3 is 2.47 bits per heavy atom. The third-order valence-corrected chi connectivity index (χ3v) is 17.3. The lowest BCUT2D eigenvalue weighted by Gasteiger charge is -2.29. The van der Waals surface area contributed by atoms with E-state index in [9.17, 15) is 35.4 Å². The van der Waals surface area contributed by atoms with Crippen LogP contribution in [0.1, 0.15) is 127 Å². The number of aliphatic imine (C=N–C) groups is 1. The number of nitrogens with two attached hydrogens (primary N) is 2. The van der Waals surface area contributed by atoms with Crippen LogP contribution in [0.4, 0.5) is 0 Å². The van der Waals surface area contributed by atoms with Gasteiger partial charge in [0.1, 0.15) is 5.75 Å². The number of fused-ring (bicyclic) bond motifs is 9. The van der Waals surface area contributed by atoms with Crippen molar-refractivity contribution in [1.29, 1.82) is 0 Å². The molecule has 8 rings (SSSR count). The van der Waals surface area contributed by atoms with Gasteiger partial charge in [0.15, 0.2) is 17.3 Å². The van der Waals surface area contributed by atoms with Crippen LogP contribution in [0.15, 0.2) is 114 Å². The Balaban J connectivity index is 1.11. The van der Waals surface area contributed by atoms with Crippen molar-refractivity contribution in [2.75, 3.05) is 19.0 Å². The van der Waals surface area contributed by atoms with Crippen molar-refractivity contribution in [2.24, 2.45) is 33.7 Å². The van der Waals surface area contributed by atoms with Crippen LogP contribution in [0.5, 0.6) is 17.2 Å². The number of hydrogen-bond donors (Lipinski definition) is 7. The number of aromatic hydroxyl groups is 2. The molecule has 6 atom stereocenters. The number of benzene rings is 4. The van der Waals surface area contributed by atoms with E-state index < -0.39 is 29.7 Å². The predicted molar refractivity (Wildman–Crippen MR) is 286 cm³/mol. The molecule has 1 fully saturated rings. The van der Waals surface area contributed by atoms with Gasteiger partial charge in [-0.05, 0) is 169 Å². The lowest BCUT2D eigenvalue weighted by atomic mass is 9.76. The average molecular weight is 1010 g/mol. The zero-order valence-electron chi connectivity index (χ0n) is 41.1. The van der Waals surface area contributed by atoms with Crippen molar-refractivity contribution in [3.05, 3.63) is 159 Å². The number of phenols is 2. The lowest BCUT2D eigenvalue weighted by Crippen LogP contribution is -2.23. The average Bonchev–Trinajstić information content (AvgIpc) is 3.96. The molecule has 11 nitrogen and oxygen atoms in total. The first-order valence-electron chi connectivity index (χ1n) is 25.3. The van der Waals surface area contributed by atoms with Gasteiger partial charge in [-0.2, -0.15) is 0 Å². The second-order valence-electron chi connectivity index (χ2n) is 20.1. The molecule has 0 spiro atoms. The van der Waals surface area contributed by atoms with Gasteiger partial charge in [-0.3, -0.25) is 9.79 Å². The van der Waals surface area contributed by atoms with Gasteiger partial charge in [-0.15, -0.1) is 5.76 Å². The number of nitrogens with zero attached hydrogens (tertiary/aromatic N) is 1. The van der Waals surface area contributed by atoms with Crippen molar-refractivity contribution in [1.82, 2.24) is 0 Å². The molecule has 1 saturated carbocycles. The van der Waals surface area contributed by atoms with Crippen LogP contribution in [-0.4, -0.2) is 68.2 Å².